The van der Waals surface area contributed by atoms with Crippen LogP contribution >= 0.6 is 0 Å². The smallest absolute Gasteiger partial charge is 0.425 e. The number of carbonyl (C=O) groups is 1. The Hall–Kier alpha value is -3.42. The van der Waals surface area contributed by atoms with E-state index in [1.807, 2.05) is 0 Å². The molecule has 4 rings (SSSR count). The lowest BCUT2D eigenvalue weighted by atomic mass is 9.82. The first-order valence-electron chi connectivity index (χ1n) is 9.99. The molecule has 1 fully saturated rings. The second kappa shape index (κ2) is 8.74. The lowest BCUT2D eigenvalue weighted by Crippen LogP contribution is -2.34. The van der Waals surface area contributed by atoms with Crippen molar-refractivity contribution < 1.29 is 40.3 Å². The number of fused-ring (bicyclic) bond motifs is 1. The summed E-state index contributed by atoms with van der Waals surface area (Å²) in [4.78, 5) is 16.4. The van der Waals surface area contributed by atoms with Crippen LogP contribution in [0.25, 0.3) is 5.65 Å². The number of carbonyl (C=O) groups excluding carboxylic acids is 1. The van der Waals surface area contributed by atoms with Gasteiger partial charge in [-0.25, -0.2) is 4.98 Å². The zero-order valence-corrected chi connectivity index (χ0v) is 17.3. The average molecular weight is 489 g/mol. The second-order valence-electron chi connectivity index (χ2n) is 7.75. The van der Waals surface area contributed by atoms with Gasteiger partial charge >= 0.3 is 12.5 Å². The van der Waals surface area contributed by atoms with Crippen molar-refractivity contribution in [3.05, 3.63) is 59.8 Å². The average Bonchev–Trinajstić information content (AvgIpc) is 3.33. The molecule has 0 radical (unpaired) electrons. The quantitative estimate of drug-likeness (QED) is 0.495. The lowest BCUT2D eigenvalue weighted by molar-refractivity contribution is -0.352. The molecule has 1 aliphatic rings. The van der Waals surface area contributed by atoms with Crippen LogP contribution in [0.4, 0.5) is 26.3 Å². The third-order valence-electron chi connectivity index (χ3n) is 5.17. The van der Waals surface area contributed by atoms with Gasteiger partial charge in [-0.1, -0.05) is 6.58 Å². The largest absolute Gasteiger partial charge is 0.522 e. The molecule has 0 aromatic carbocycles. The molecule has 0 bridgehead atoms. The number of nitrogens with zero attached hydrogens (tertiary/aromatic N) is 4. The highest BCUT2D eigenvalue weighted by Crippen LogP contribution is 2.40. The summed E-state index contributed by atoms with van der Waals surface area (Å²) in [6.07, 6.45) is -7.48. The summed E-state index contributed by atoms with van der Waals surface area (Å²) in [7, 11) is 0. The summed E-state index contributed by atoms with van der Waals surface area (Å²) >= 11 is 0. The normalized spacial score (nSPS) is 18.6. The fourth-order valence-electron chi connectivity index (χ4n) is 3.40. The number of aromatic nitrogens is 4. The van der Waals surface area contributed by atoms with Crippen molar-refractivity contribution in [2.45, 2.75) is 50.2 Å². The molecule has 182 valence electrons. The number of halogens is 6. The molecule has 0 unspecified atom stereocenters. The van der Waals surface area contributed by atoms with E-state index in [0.717, 1.165) is 22.7 Å². The summed E-state index contributed by atoms with van der Waals surface area (Å²) in [6, 6.07) is 2.02. The van der Waals surface area contributed by atoms with Crippen LogP contribution in [0.15, 0.2) is 41.2 Å². The second-order valence-corrected chi connectivity index (χ2v) is 7.75. The van der Waals surface area contributed by atoms with Crippen LogP contribution in [0, 0.1) is 0 Å². The molecule has 0 atom stereocenters. The molecule has 0 aliphatic heterocycles. The standard InChI is InChI=1S/C20H17F6N5O3/c1-10(2-5-16-29-30-18(33-16)11-6-13(7-11)34-20(24,25)26)27-17(32)14-9-31-8-12(19(21,22)23)3-4-15(31)28-14/h3-4,8-9,11,13H,1-2,5-7H2,(H,27,32). The van der Waals surface area contributed by atoms with E-state index >= 15 is 0 Å². The Kier molecular flexibility index (Phi) is 6.10. The molecule has 1 amide bonds. The molecule has 1 aliphatic carbocycles. The van der Waals surface area contributed by atoms with Crippen LogP contribution in [0.1, 0.15) is 53.0 Å². The Balaban J connectivity index is 1.27. The van der Waals surface area contributed by atoms with Crippen LogP contribution < -0.4 is 5.32 Å². The zero-order valence-electron chi connectivity index (χ0n) is 17.3. The van der Waals surface area contributed by atoms with Crippen molar-refractivity contribution in [3.63, 3.8) is 0 Å². The van der Waals surface area contributed by atoms with Crippen molar-refractivity contribution in [1.29, 1.82) is 0 Å². The Morgan fingerprint density at radius 3 is 2.59 bits per heavy atom. The molecule has 34 heavy (non-hydrogen) atoms. The minimum absolute atomic E-state index is 0.0961. The first-order chi connectivity index (χ1) is 15.9. The Labute approximate surface area is 187 Å². The Bertz CT molecular complexity index is 1210. The molecule has 0 spiro atoms. The van der Waals surface area contributed by atoms with Crippen molar-refractivity contribution in [2.24, 2.45) is 0 Å². The van der Waals surface area contributed by atoms with Gasteiger partial charge in [-0.05, 0) is 31.4 Å². The molecule has 3 aromatic rings. The summed E-state index contributed by atoms with van der Waals surface area (Å²) in [5.41, 5.74) is -0.528. The van der Waals surface area contributed by atoms with Crippen molar-refractivity contribution >= 4 is 11.6 Å². The van der Waals surface area contributed by atoms with Crippen LogP contribution in [0.3, 0.4) is 0 Å². The fraction of sp³-hybridized carbons (Fsp3) is 0.400. The summed E-state index contributed by atoms with van der Waals surface area (Å²) in [5.74, 6) is -0.532. The highest BCUT2D eigenvalue weighted by atomic mass is 19.4. The Morgan fingerprint density at radius 1 is 1.18 bits per heavy atom. The topological polar surface area (TPSA) is 94.5 Å². The highest BCUT2D eigenvalue weighted by molar-refractivity contribution is 5.93. The number of aryl methyl sites for hydroxylation is 1. The number of hydrogen-bond donors (Lipinski definition) is 1. The van der Waals surface area contributed by atoms with Gasteiger partial charge in [-0.15, -0.1) is 23.4 Å². The van der Waals surface area contributed by atoms with Crippen LogP contribution in [0.2, 0.25) is 0 Å². The van der Waals surface area contributed by atoms with Gasteiger partial charge in [0.2, 0.25) is 11.8 Å². The molecule has 0 saturated heterocycles. The van der Waals surface area contributed by atoms with E-state index in [2.05, 4.69) is 31.8 Å². The predicted octanol–water partition coefficient (Wildman–Crippen LogP) is 4.39. The van der Waals surface area contributed by atoms with Gasteiger partial charge in [0.1, 0.15) is 11.3 Å². The van der Waals surface area contributed by atoms with Crippen molar-refractivity contribution in [3.8, 4) is 0 Å². The van der Waals surface area contributed by atoms with Gasteiger partial charge < -0.3 is 14.1 Å². The number of nitrogens with one attached hydrogen (secondary N) is 1. The van der Waals surface area contributed by atoms with Crippen LogP contribution in [-0.4, -0.2) is 38.0 Å². The van der Waals surface area contributed by atoms with E-state index in [4.69, 9.17) is 4.42 Å². The van der Waals surface area contributed by atoms with Gasteiger partial charge in [-0.3, -0.25) is 9.53 Å². The number of imidazole rings is 1. The highest BCUT2D eigenvalue weighted by Gasteiger charge is 2.42. The molecule has 1 saturated carbocycles. The summed E-state index contributed by atoms with van der Waals surface area (Å²) < 4.78 is 85.6. The first kappa shape index (κ1) is 23.7. The SMILES string of the molecule is C=C(CCc1nnc(C2CC(OC(F)(F)F)C2)o1)NC(=O)c1cn2cc(C(F)(F)F)ccc2n1. The zero-order chi connectivity index (χ0) is 24.7. The molecule has 14 heteroatoms. The maximum absolute atomic E-state index is 12.8. The molecule has 1 N–H and O–H groups in total. The molecular formula is C20H17F6N5O3. The number of alkyl halides is 6. The molecule has 3 aromatic heterocycles. The first-order valence-corrected chi connectivity index (χ1v) is 9.99. The van der Waals surface area contributed by atoms with Crippen LogP contribution in [-0.2, 0) is 17.3 Å². The number of ether oxygens (including phenoxy) is 1. The maximum atomic E-state index is 12.8. The maximum Gasteiger partial charge on any atom is 0.522 e. The lowest BCUT2D eigenvalue weighted by Gasteiger charge is -2.32. The van der Waals surface area contributed by atoms with Gasteiger partial charge in [0.05, 0.1) is 11.7 Å². The van der Waals surface area contributed by atoms with Crippen molar-refractivity contribution in [2.75, 3.05) is 0 Å². The van der Waals surface area contributed by atoms with Gasteiger partial charge in [0.15, 0.2) is 0 Å². The van der Waals surface area contributed by atoms with Gasteiger partial charge in [0, 0.05) is 30.4 Å². The number of rotatable bonds is 7. The van der Waals surface area contributed by atoms with E-state index < -0.39 is 30.1 Å². The Morgan fingerprint density at radius 2 is 1.91 bits per heavy atom. The van der Waals surface area contributed by atoms with E-state index in [1.54, 1.807) is 0 Å². The van der Waals surface area contributed by atoms with E-state index in [-0.39, 0.29) is 60.4 Å². The summed E-state index contributed by atoms with van der Waals surface area (Å²) in [6.45, 7) is 3.72. The number of amides is 1. The summed E-state index contributed by atoms with van der Waals surface area (Å²) in [5, 5.41) is 10.2. The molecular weight excluding hydrogens is 472 g/mol. The van der Waals surface area contributed by atoms with E-state index in [1.165, 1.54) is 6.20 Å². The van der Waals surface area contributed by atoms with E-state index in [0.29, 0.717) is 0 Å². The third kappa shape index (κ3) is 5.55. The number of allylic oxidation sites excluding steroid dienone is 1. The minimum Gasteiger partial charge on any atom is -0.425 e. The molecule has 8 nitrogen and oxygen atoms in total. The monoisotopic (exact) mass is 489 g/mol. The van der Waals surface area contributed by atoms with E-state index in [9.17, 15) is 31.1 Å². The van der Waals surface area contributed by atoms with Gasteiger partial charge in [-0.2, -0.15) is 13.2 Å². The number of hydrogen-bond acceptors (Lipinski definition) is 6. The minimum atomic E-state index is -4.68. The number of pyridine rings is 1. The predicted molar refractivity (Wildman–Crippen MR) is 102 cm³/mol. The third-order valence-corrected chi connectivity index (χ3v) is 5.17. The van der Waals surface area contributed by atoms with Crippen molar-refractivity contribution in [1.82, 2.24) is 24.9 Å². The van der Waals surface area contributed by atoms with Crippen LogP contribution in [0.5, 0.6) is 0 Å². The fourth-order valence-corrected chi connectivity index (χ4v) is 3.40. The van der Waals surface area contributed by atoms with Gasteiger partial charge in [0.25, 0.3) is 5.91 Å². The molecule has 3 heterocycles.